The van der Waals surface area contributed by atoms with E-state index in [2.05, 4.69) is 5.32 Å². The molecule has 2 amide bonds. The van der Waals surface area contributed by atoms with E-state index in [1.54, 1.807) is 16.7 Å². The van der Waals surface area contributed by atoms with Gasteiger partial charge in [-0.2, -0.15) is 11.8 Å². The molecule has 0 spiro atoms. The number of rotatable bonds is 4. The number of nitrogens with two attached hydrogens (primary N) is 1. The molecule has 1 aliphatic rings. The molecule has 0 radical (unpaired) electrons. The molecule has 1 atom stereocenters. The van der Waals surface area contributed by atoms with Crippen LogP contribution in [0.5, 0.6) is 0 Å². The average Bonchev–Trinajstić information content (AvgIpc) is 2.49. The molecule has 0 aliphatic carbocycles. The number of hydrogen-bond acceptors (Lipinski definition) is 4. The molecule has 0 aromatic carbocycles. The van der Waals surface area contributed by atoms with Crippen molar-refractivity contribution in [3.63, 3.8) is 0 Å². The molecule has 0 aromatic rings. The third-order valence-corrected chi connectivity index (χ3v) is 3.17. The largest absolute Gasteiger partial charge is 0.354 e. The Morgan fingerprint density at radius 2 is 2.44 bits per heavy atom. The first-order valence-corrected chi connectivity index (χ1v) is 6.84. The van der Waals surface area contributed by atoms with Crippen molar-refractivity contribution in [2.75, 3.05) is 31.6 Å². The van der Waals surface area contributed by atoms with Gasteiger partial charge in [-0.25, -0.2) is 0 Å². The van der Waals surface area contributed by atoms with Crippen LogP contribution >= 0.6 is 11.8 Å². The zero-order valence-electron chi connectivity index (χ0n) is 9.57. The Kier molecular flexibility index (Phi) is 5.62. The Balaban J connectivity index is 2.47. The molecule has 92 valence electrons. The number of amides is 2. The van der Waals surface area contributed by atoms with Gasteiger partial charge in [0.25, 0.3) is 0 Å². The Morgan fingerprint density at radius 3 is 3.12 bits per heavy atom. The minimum atomic E-state index is -0.474. The predicted molar refractivity (Wildman–Crippen MR) is 65.2 cm³/mol. The van der Waals surface area contributed by atoms with Crippen molar-refractivity contribution in [3.05, 3.63) is 0 Å². The maximum atomic E-state index is 11.9. The second-order valence-corrected chi connectivity index (χ2v) is 4.84. The van der Waals surface area contributed by atoms with Crippen LogP contribution in [-0.4, -0.2) is 54.4 Å². The van der Waals surface area contributed by atoms with Crippen molar-refractivity contribution >= 4 is 23.6 Å². The highest BCUT2D eigenvalue weighted by Gasteiger charge is 2.23. The lowest BCUT2D eigenvalue weighted by Crippen LogP contribution is -2.46. The Labute approximate surface area is 100 Å². The fraction of sp³-hybridized carbons (Fsp3) is 0.800. The maximum absolute atomic E-state index is 11.9. The summed E-state index contributed by atoms with van der Waals surface area (Å²) in [5.74, 6) is 0.668. The van der Waals surface area contributed by atoms with E-state index in [1.807, 2.05) is 6.26 Å². The fourth-order valence-electron chi connectivity index (χ4n) is 1.60. The number of carbonyl (C=O) groups is 2. The highest BCUT2D eigenvalue weighted by Crippen LogP contribution is 2.04. The summed E-state index contributed by atoms with van der Waals surface area (Å²) in [6, 6.07) is -0.474. The third kappa shape index (κ3) is 4.02. The Hall–Kier alpha value is -0.750. The summed E-state index contributed by atoms with van der Waals surface area (Å²) in [5.41, 5.74) is 5.79. The van der Waals surface area contributed by atoms with Gasteiger partial charge in [-0.1, -0.05) is 0 Å². The molecule has 0 unspecified atom stereocenters. The number of nitrogens with zero attached hydrogens (tertiary/aromatic N) is 1. The van der Waals surface area contributed by atoms with Crippen LogP contribution in [0.25, 0.3) is 0 Å². The highest BCUT2D eigenvalue weighted by atomic mass is 32.2. The predicted octanol–water partition coefficient (Wildman–Crippen LogP) is -0.585. The van der Waals surface area contributed by atoms with Gasteiger partial charge in [0, 0.05) is 13.1 Å². The molecule has 1 aliphatic heterocycles. The molecule has 0 aromatic heterocycles. The number of hydrogen-bond donors (Lipinski definition) is 2. The Morgan fingerprint density at radius 1 is 1.69 bits per heavy atom. The van der Waals surface area contributed by atoms with Gasteiger partial charge in [0.2, 0.25) is 11.8 Å². The lowest BCUT2D eigenvalue weighted by Gasteiger charge is -2.22. The van der Waals surface area contributed by atoms with Crippen molar-refractivity contribution in [2.24, 2.45) is 5.73 Å². The van der Waals surface area contributed by atoms with Crippen LogP contribution < -0.4 is 11.1 Å². The topological polar surface area (TPSA) is 75.4 Å². The fourth-order valence-corrected chi connectivity index (χ4v) is 2.09. The van der Waals surface area contributed by atoms with Crippen molar-refractivity contribution in [3.8, 4) is 0 Å². The van der Waals surface area contributed by atoms with Crippen LogP contribution in [-0.2, 0) is 9.59 Å². The minimum absolute atomic E-state index is 0.0945. The lowest BCUT2D eigenvalue weighted by molar-refractivity contribution is -0.136. The number of carbonyl (C=O) groups excluding carboxylic acids is 2. The molecule has 1 saturated heterocycles. The standard InChI is InChI=1S/C10H19N3O2S/c1-16-6-3-8(11)10(15)13-5-2-4-12-9(14)7-13/h8H,2-7,11H2,1H3,(H,12,14)/t8-/m1/s1. The summed E-state index contributed by atoms with van der Waals surface area (Å²) >= 11 is 1.67. The smallest absolute Gasteiger partial charge is 0.239 e. The van der Waals surface area contributed by atoms with Crippen LogP contribution in [0.15, 0.2) is 0 Å². The lowest BCUT2D eigenvalue weighted by atomic mass is 10.2. The molecule has 16 heavy (non-hydrogen) atoms. The van der Waals surface area contributed by atoms with Crippen molar-refractivity contribution in [1.82, 2.24) is 10.2 Å². The van der Waals surface area contributed by atoms with E-state index in [1.165, 1.54) is 0 Å². The van der Waals surface area contributed by atoms with Gasteiger partial charge >= 0.3 is 0 Å². The minimum Gasteiger partial charge on any atom is -0.354 e. The molecular weight excluding hydrogens is 226 g/mol. The average molecular weight is 245 g/mol. The monoisotopic (exact) mass is 245 g/mol. The van der Waals surface area contributed by atoms with Gasteiger partial charge < -0.3 is 16.0 Å². The summed E-state index contributed by atoms with van der Waals surface area (Å²) < 4.78 is 0. The summed E-state index contributed by atoms with van der Waals surface area (Å²) in [7, 11) is 0. The number of thioether (sulfide) groups is 1. The van der Waals surface area contributed by atoms with Crippen molar-refractivity contribution < 1.29 is 9.59 Å². The molecule has 6 heteroatoms. The molecular formula is C10H19N3O2S. The first-order chi connectivity index (χ1) is 7.65. The van der Waals surface area contributed by atoms with Gasteiger partial charge in [-0.05, 0) is 24.9 Å². The van der Waals surface area contributed by atoms with E-state index in [9.17, 15) is 9.59 Å². The zero-order chi connectivity index (χ0) is 12.0. The maximum Gasteiger partial charge on any atom is 0.239 e. The summed E-state index contributed by atoms with van der Waals surface area (Å²) in [6.07, 6.45) is 3.45. The van der Waals surface area contributed by atoms with Crippen molar-refractivity contribution in [1.29, 1.82) is 0 Å². The van der Waals surface area contributed by atoms with E-state index < -0.39 is 6.04 Å². The quantitative estimate of drug-likeness (QED) is 0.694. The van der Waals surface area contributed by atoms with Gasteiger partial charge in [0.05, 0.1) is 12.6 Å². The van der Waals surface area contributed by atoms with Crippen LogP contribution in [0.2, 0.25) is 0 Å². The summed E-state index contributed by atoms with van der Waals surface area (Å²) in [5, 5.41) is 2.73. The molecule has 1 fully saturated rings. The summed E-state index contributed by atoms with van der Waals surface area (Å²) in [4.78, 5) is 24.8. The Bertz CT molecular complexity index is 260. The molecule has 1 heterocycles. The van der Waals surface area contributed by atoms with Gasteiger partial charge in [0.15, 0.2) is 0 Å². The van der Waals surface area contributed by atoms with Crippen LogP contribution in [0.4, 0.5) is 0 Å². The normalized spacial score (nSPS) is 18.9. The third-order valence-electron chi connectivity index (χ3n) is 2.52. The molecule has 0 bridgehead atoms. The van der Waals surface area contributed by atoms with Gasteiger partial charge in [-0.3, -0.25) is 9.59 Å². The molecule has 1 rings (SSSR count). The summed E-state index contributed by atoms with van der Waals surface area (Å²) in [6.45, 7) is 1.40. The van der Waals surface area contributed by atoms with E-state index in [0.29, 0.717) is 19.5 Å². The van der Waals surface area contributed by atoms with Gasteiger partial charge in [0.1, 0.15) is 0 Å². The number of nitrogens with one attached hydrogen (secondary N) is 1. The molecule has 3 N–H and O–H groups in total. The first kappa shape index (κ1) is 13.3. The zero-order valence-corrected chi connectivity index (χ0v) is 10.4. The van der Waals surface area contributed by atoms with Gasteiger partial charge in [-0.15, -0.1) is 0 Å². The second kappa shape index (κ2) is 6.75. The van der Waals surface area contributed by atoms with Crippen molar-refractivity contribution in [2.45, 2.75) is 18.9 Å². The van der Waals surface area contributed by atoms with E-state index >= 15 is 0 Å². The van der Waals surface area contributed by atoms with E-state index in [-0.39, 0.29) is 18.4 Å². The van der Waals surface area contributed by atoms with E-state index in [4.69, 9.17) is 5.73 Å². The SMILES string of the molecule is CSCC[C@@H](N)C(=O)N1CCCNC(=O)C1. The molecule has 5 nitrogen and oxygen atoms in total. The first-order valence-electron chi connectivity index (χ1n) is 5.45. The second-order valence-electron chi connectivity index (χ2n) is 3.85. The van der Waals surface area contributed by atoms with E-state index in [0.717, 1.165) is 12.2 Å². The molecule has 0 saturated carbocycles. The van der Waals surface area contributed by atoms with Crippen LogP contribution in [0.1, 0.15) is 12.8 Å². The highest BCUT2D eigenvalue weighted by molar-refractivity contribution is 7.98. The van der Waals surface area contributed by atoms with Crippen LogP contribution in [0.3, 0.4) is 0 Å². The van der Waals surface area contributed by atoms with Crippen LogP contribution in [0, 0.1) is 0 Å².